The van der Waals surface area contributed by atoms with Crippen molar-refractivity contribution in [2.45, 2.75) is 77.3 Å². The van der Waals surface area contributed by atoms with Crippen molar-refractivity contribution >= 4 is 10.8 Å². The third-order valence-electron chi connectivity index (χ3n) is 3.56. The molecule has 0 saturated carbocycles. The third-order valence-corrected chi connectivity index (χ3v) is 5.55. The molecule has 0 aromatic heterocycles. The average Bonchev–Trinajstić information content (AvgIpc) is 2.22. The van der Waals surface area contributed by atoms with E-state index in [1.807, 2.05) is 20.8 Å². The Morgan fingerprint density at radius 3 is 2.47 bits per heavy atom. The number of hydrogen-bond donors (Lipinski definition) is 0. The SMILES string of the molecule is CCC[C@@H]1CC[C@@H](C)[C@H](CS(=O)C(C)(C)C)O1. The van der Waals surface area contributed by atoms with Gasteiger partial charge in [0.05, 0.1) is 18.0 Å². The van der Waals surface area contributed by atoms with Gasteiger partial charge in [0.15, 0.2) is 0 Å². The first kappa shape index (κ1) is 15.2. The largest absolute Gasteiger partial charge is 0.374 e. The van der Waals surface area contributed by atoms with Crippen molar-refractivity contribution in [2.24, 2.45) is 5.92 Å². The summed E-state index contributed by atoms with van der Waals surface area (Å²) in [6, 6.07) is 0. The standard InChI is InChI=1S/C14H28O2S/c1-6-7-12-9-8-11(2)13(16-12)10-17(15)14(3,4)5/h11-13H,6-10H2,1-5H3/t11-,12-,13+,17?/m1/s1. The van der Waals surface area contributed by atoms with E-state index in [4.69, 9.17) is 4.74 Å². The molecule has 2 nitrogen and oxygen atoms in total. The summed E-state index contributed by atoms with van der Waals surface area (Å²) in [5, 5.41) is 0. The van der Waals surface area contributed by atoms with Crippen LogP contribution in [0, 0.1) is 5.92 Å². The molecule has 1 aliphatic rings. The van der Waals surface area contributed by atoms with Crippen LogP contribution in [0.5, 0.6) is 0 Å². The zero-order valence-electron chi connectivity index (χ0n) is 12.0. The lowest BCUT2D eigenvalue weighted by Crippen LogP contribution is -2.40. The van der Waals surface area contributed by atoms with Crippen molar-refractivity contribution in [3.05, 3.63) is 0 Å². The summed E-state index contributed by atoms with van der Waals surface area (Å²) in [5.41, 5.74) is 0. The summed E-state index contributed by atoms with van der Waals surface area (Å²) in [6.45, 7) is 10.6. The molecule has 1 rings (SSSR count). The Morgan fingerprint density at radius 2 is 1.94 bits per heavy atom. The first-order valence-electron chi connectivity index (χ1n) is 6.88. The van der Waals surface area contributed by atoms with Crippen LogP contribution in [-0.2, 0) is 15.5 Å². The lowest BCUT2D eigenvalue weighted by atomic mass is 9.93. The molecule has 0 N–H and O–H groups in total. The van der Waals surface area contributed by atoms with Gasteiger partial charge in [-0.1, -0.05) is 20.3 Å². The Hall–Kier alpha value is 0.110. The lowest BCUT2D eigenvalue weighted by molar-refractivity contribution is -0.0696. The quantitative estimate of drug-likeness (QED) is 0.773. The van der Waals surface area contributed by atoms with Crippen LogP contribution in [0.1, 0.15) is 60.3 Å². The Morgan fingerprint density at radius 1 is 1.29 bits per heavy atom. The highest BCUT2D eigenvalue weighted by Crippen LogP contribution is 2.28. The minimum atomic E-state index is -0.799. The van der Waals surface area contributed by atoms with E-state index in [-0.39, 0.29) is 10.9 Å². The van der Waals surface area contributed by atoms with Crippen LogP contribution in [0.15, 0.2) is 0 Å². The zero-order chi connectivity index (χ0) is 13.1. The summed E-state index contributed by atoms with van der Waals surface area (Å²) in [5.74, 6) is 1.25. The molecule has 0 bridgehead atoms. The molecule has 1 saturated heterocycles. The highest BCUT2D eigenvalue weighted by Gasteiger charge is 2.31. The van der Waals surface area contributed by atoms with Gasteiger partial charge in [0, 0.05) is 15.5 Å². The predicted octanol–water partition coefficient (Wildman–Crippen LogP) is 3.52. The molecule has 3 heteroatoms. The summed E-state index contributed by atoms with van der Waals surface area (Å²) in [4.78, 5) is 0. The molecule has 1 fully saturated rings. The van der Waals surface area contributed by atoms with Crippen LogP contribution in [0.2, 0.25) is 0 Å². The number of rotatable bonds is 4. The van der Waals surface area contributed by atoms with Gasteiger partial charge in [0.25, 0.3) is 0 Å². The summed E-state index contributed by atoms with van der Waals surface area (Å²) in [7, 11) is -0.799. The molecule has 1 unspecified atom stereocenters. The van der Waals surface area contributed by atoms with E-state index in [1.54, 1.807) is 0 Å². The molecule has 0 aromatic rings. The minimum absolute atomic E-state index is 0.124. The molecule has 1 heterocycles. The smallest absolute Gasteiger partial charge is 0.0719 e. The molecular weight excluding hydrogens is 232 g/mol. The Bertz CT molecular complexity index is 257. The van der Waals surface area contributed by atoms with E-state index >= 15 is 0 Å². The molecule has 4 atom stereocenters. The van der Waals surface area contributed by atoms with Crippen molar-refractivity contribution in [2.75, 3.05) is 5.75 Å². The van der Waals surface area contributed by atoms with Crippen LogP contribution in [0.3, 0.4) is 0 Å². The normalized spacial score (nSPS) is 32.4. The predicted molar refractivity (Wildman–Crippen MR) is 74.7 cm³/mol. The number of ether oxygens (including phenoxy) is 1. The van der Waals surface area contributed by atoms with Gasteiger partial charge in [0.1, 0.15) is 0 Å². The maximum atomic E-state index is 12.2. The molecule has 0 aromatic carbocycles. The van der Waals surface area contributed by atoms with Crippen molar-refractivity contribution in [3.8, 4) is 0 Å². The Kier molecular flexibility index (Phi) is 5.65. The fourth-order valence-electron chi connectivity index (χ4n) is 2.22. The fourth-order valence-corrected chi connectivity index (χ4v) is 3.43. The van der Waals surface area contributed by atoms with Gasteiger partial charge in [-0.3, -0.25) is 4.21 Å². The number of hydrogen-bond acceptors (Lipinski definition) is 2. The topological polar surface area (TPSA) is 26.3 Å². The van der Waals surface area contributed by atoms with Crippen LogP contribution in [0.4, 0.5) is 0 Å². The molecule has 0 amide bonds. The summed E-state index contributed by atoms with van der Waals surface area (Å²) < 4.78 is 18.2. The van der Waals surface area contributed by atoms with Gasteiger partial charge in [-0.25, -0.2) is 0 Å². The Labute approximate surface area is 109 Å². The summed E-state index contributed by atoms with van der Waals surface area (Å²) >= 11 is 0. The maximum Gasteiger partial charge on any atom is 0.0719 e. The van der Waals surface area contributed by atoms with E-state index < -0.39 is 10.8 Å². The molecule has 0 radical (unpaired) electrons. The van der Waals surface area contributed by atoms with Gasteiger partial charge in [-0.2, -0.15) is 0 Å². The average molecular weight is 260 g/mol. The van der Waals surface area contributed by atoms with Crippen LogP contribution < -0.4 is 0 Å². The second-order valence-electron chi connectivity index (χ2n) is 6.26. The first-order chi connectivity index (χ1) is 7.84. The molecule has 102 valence electrons. The van der Waals surface area contributed by atoms with Crippen LogP contribution in [0.25, 0.3) is 0 Å². The van der Waals surface area contributed by atoms with Crippen molar-refractivity contribution < 1.29 is 8.95 Å². The van der Waals surface area contributed by atoms with Gasteiger partial charge in [-0.05, 0) is 46.0 Å². The summed E-state index contributed by atoms with van der Waals surface area (Å²) in [6.07, 6.45) is 5.31. The van der Waals surface area contributed by atoms with Gasteiger partial charge in [-0.15, -0.1) is 0 Å². The second-order valence-corrected chi connectivity index (χ2v) is 8.51. The fraction of sp³-hybridized carbons (Fsp3) is 1.00. The highest BCUT2D eigenvalue weighted by atomic mass is 32.2. The highest BCUT2D eigenvalue weighted by molar-refractivity contribution is 7.86. The second kappa shape index (κ2) is 6.33. The van der Waals surface area contributed by atoms with Gasteiger partial charge >= 0.3 is 0 Å². The van der Waals surface area contributed by atoms with Crippen LogP contribution in [-0.4, -0.2) is 26.9 Å². The minimum Gasteiger partial charge on any atom is -0.374 e. The molecule has 17 heavy (non-hydrogen) atoms. The van der Waals surface area contributed by atoms with E-state index in [2.05, 4.69) is 13.8 Å². The van der Waals surface area contributed by atoms with Gasteiger partial charge < -0.3 is 4.74 Å². The zero-order valence-corrected chi connectivity index (χ0v) is 12.8. The van der Waals surface area contributed by atoms with Gasteiger partial charge in [0.2, 0.25) is 0 Å². The third kappa shape index (κ3) is 4.70. The molecular formula is C14H28O2S. The van der Waals surface area contributed by atoms with E-state index in [9.17, 15) is 4.21 Å². The molecule has 0 spiro atoms. The first-order valence-corrected chi connectivity index (χ1v) is 8.20. The maximum absolute atomic E-state index is 12.2. The van der Waals surface area contributed by atoms with Crippen LogP contribution >= 0.6 is 0 Å². The van der Waals surface area contributed by atoms with E-state index in [0.717, 1.165) is 6.42 Å². The monoisotopic (exact) mass is 260 g/mol. The lowest BCUT2D eigenvalue weighted by Gasteiger charge is -2.36. The Balaban J connectivity index is 2.53. The molecule has 1 aliphatic heterocycles. The van der Waals surface area contributed by atoms with Crippen molar-refractivity contribution in [1.29, 1.82) is 0 Å². The molecule has 0 aliphatic carbocycles. The van der Waals surface area contributed by atoms with E-state index in [1.165, 1.54) is 19.3 Å². The van der Waals surface area contributed by atoms with Crippen molar-refractivity contribution in [3.63, 3.8) is 0 Å². The van der Waals surface area contributed by atoms with Crippen molar-refractivity contribution in [1.82, 2.24) is 0 Å². The van der Waals surface area contributed by atoms with E-state index in [0.29, 0.717) is 17.8 Å².